The fourth-order valence-electron chi connectivity index (χ4n) is 3.27. The molecule has 9 heteroatoms. The highest BCUT2D eigenvalue weighted by Crippen LogP contribution is 2.41. The van der Waals surface area contributed by atoms with E-state index >= 15 is 0 Å². The second-order valence-electron chi connectivity index (χ2n) is 6.11. The minimum absolute atomic E-state index is 0.141. The first-order valence-corrected chi connectivity index (χ1v) is 7.88. The zero-order valence-corrected chi connectivity index (χ0v) is 13.5. The van der Waals surface area contributed by atoms with Gasteiger partial charge < -0.3 is 4.90 Å². The summed E-state index contributed by atoms with van der Waals surface area (Å²) in [4.78, 5) is 12.5. The van der Waals surface area contributed by atoms with Gasteiger partial charge in [-0.1, -0.05) is 0 Å². The number of piperidine rings is 1. The molecule has 0 N–H and O–H groups in total. The number of hydrogen-bond donors (Lipinski definition) is 0. The molecule has 0 spiro atoms. The Bertz CT molecular complexity index is 788. The summed E-state index contributed by atoms with van der Waals surface area (Å²) in [5.41, 5.74) is -0.425. The normalized spacial score (nSPS) is 18.4. The summed E-state index contributed by atoms with van der Waals surface area (Å²) in [6.07, 6.45) is 1.45. The van der Waals surface area contributed by atoms with Crippen molar-refractivity contribution in [2.24, 2.45) is 7.05 Å². The van der Waals surface area contributed by atoms with E-state index in [1.807, 2.05) is 11.1 Å². The molecule has 1 aromatic carbocycles. The van der Waals surface area contributed by atoms with E-state index in [2.05, 4.69) is 5.10 Å². The second kappa shape index (κ2) is 6.38. The Morgan fingerprint density at radius 2 is 2.08 bits per heavy atom. The van der Waals surface area contributed by atoms with Gasteiger partial charge in [-0.15, -0.1) is 0 Å². The van der Waals surface area contributed by atoms with Crippen molar-refractivity contribution >= 4 is 11.4 Å². The lowest BCUT2D eigenvalue weighted by Gasteiger charge is -2.36. The first-order chi connectivity index (χ1) is 11.8. The largest absolute Gasteiger partial charge is 0.416 e. The van der Waals surface area contributed by atoms with Gasteiger partial charge in [0.2, 0.25) is 0 Å². The van der Waals surface area contributed by atoms with Gasteiger partial charge in [-0.3, -0.25) is 14.8 Å². The van der Waals surface area contributed by atoms with Gasteiger partial charge in [0.15, 0.2) is 0 Å². The Hall–Kier alpha value is -2.58. The summed E-state index contributed by atoms with van der Waals surface area (Å²) in [7, 11) is 1.78. The van der Waals surface area contributed by atoms with Gasteiger partial charge in [0, 0.05) is 31.4 Å². The quantitative estimate of drug-likeness (QED) is 0.615. The number of aryl methyl sites for hydroxylation is 1. The minimum atomic E-state index is -4.62. The molecule has 25 heavy (non-hydrogen) atoms. The maximum absolute atomic E-state index is 12.9. The van der Waals surface area contributed by atoms with Crippen LogP contribution in [0.1, 0.15) is 36.4 Å². The molecule has 0 radical (unpaired) electrons. The molecule has 6 nitrogen and oxygen atoms in total. The van der Waals surface area contributed by atoms with Gasteiger partial charge in [-0.2, -0.15) is 18.3 Å². The number of nitro benzene ring substituents is 1. The molecule has 1 fully saturated rings. The van der Waals surface area contributed by atoms with Gasteiger partial charge in [0.05, 0.1) is 22.7 Å². The zero-order chi connectivity index (χ0) is 18.2. The number of halogens is 3. The molecule has 1 aromatic heterocycles. The summed E-state index contributed by atoms with van der Waals surface area (Å²) in [6.45, 7) is 0.547. The van der Waals surface area contributed by atoms with Crippen LogP contribution in [0.25, 0.3) is 0 Å². The standard InChI is InChI=1S/C16H17F3N4O2/c1-21-10-11(9-20-21)13-4-2-3-7-22(13)14-6-5-12(16(17,18)19)8-15(14)23(24)25/h5-6,8-10,13H,2-4,7H2,1H3. The number of alkyl halides is 3. The highest BCUT2D eigenvalue weighted by Gasteiger charge is 2.35. The average Bonchev–Trinajstić information content (AvgIpc) is 3.00. The maximum Gasteiger partial charge on any atom is 0.416 e. The van der Waals surface area contributed by atoms with Crippen LogP contribution in [0.4, 0.5) is 24.5 Å². The van der Waals surface area contributed by atoms with Crippen LogP contribution in [0.5, 0.6) is 0 Å². The predicted molar refractivity (Wildman–Crippen MR) is 85.2 cm³/mol. The van der Waals surface area contributed by atoms with Crippen molar-refractivity contribution < 1.29 is 18.1 Å². The van der Waals surface area contributed by atoms with Crippen molar-refractivity contribution in [3.05, 3.63) is 51.8 Å². The molecule has 0 saturated carbocycles. The Morgan fingerprint density at radius 1 is 1.32 bits per heavy atom. The van der Waals surface area contributed by atoms with Crippen LogP contribution < -0.4 is 4.90 Å². The molecule has 2 heterocycles. The van der Waals surface area contributed by atoms with Crippen LogP contribution in [0, 0.1) is 10.1 Å². The maximum atomic E-state index is 12.9. The number of nitro groups is 1. The van der Waals surface area contributed by atoms with Crippen molar-refractivity contribution in [3.8, 4) is 0 Å². The average molecular weight is 354 g/mol. The molecule has 3 rings (SSSR count). The van der Waals surface area contributed by atoms with Crippen molar-refractivity contribution in [2.45, 2.75) is 31.5 Å². The third-order valence-electron chi connectivity index (χ3n) is 4.42. The molecular weight excluding hydrogens is 337 g/mol. The molecular formula is C16H17F3N4O2. The smallest absolute Gasteiger partial charge is 0.359 e. The second-order valence-corrected chi connectivity index (χ2v) is 6.11. The van der Waals surface area contributed by atoms with Crippen molar-refractivity contribution in [1.82, 2.24) is 9.78 Å². The fourth-order valence-corrected chi connectivity index (χ4v) is 3.27. The highest BCUT2D eigenvalue weighted by atomic mass is 19.4. The summed E-state index contributed by atoms with van der Waals surface area (Å²) in [5.74, 6) is 0. The molecule has 1 aliphatic heterocycles. The van der Waals surface area contributed by atoms with Crippen molar-refractivity contribution in [3.63, 3.8) is 0 Å². The van der Waals surface area contributed by atoms with Crippen LogP contribution in [0.2, 0.25) is 0 Å². The first-order valence-electron chi connectivity index (χ1n) is 7.88. The third-order valence-corrected chi connectivity index (χ3v) is 4.42. The number of anilines is 1. The lowest BCUT2D eigenvalue weighted by atomic mass is 9.96. The first kappa shape index (κ1) is 17.2. The van der Waals surface area contributed by atoms with Crippen LogP contribution in [0.3, 0.4) is 0 Å². The van der Waals surface area contributed by atoms with E-state index in [1.54, 1.807) is 17.9 Å². The van der Waals surface area contributed by atoms with Crippen LogP contribution >= 0.6 is 0 Å². The highest BCUT2D eigenvalue weighted by molar-refractivity contribution is 5.66. The molecule has 0 bridgehead atoms. The van der Waals surface area contributed by atoms with E-state index < -0.39 is 22.4 Å². The van der Waals surface area contributed by atoms with E-state index in [4.69, 9.17) is 0 Å². The number of nitrogens with zero attached hydrogens (tertiary/aromatic N) is 4. The van der Waals surface area contributed by atoms with Crippen LogP contribution in [-0.4, -0.2) is 21.2 Å². The molecule has 0 amide bonds. The van der Waals surface area contributed by atoms with E-state index in [9.17, 15) is 23.3 Å². The fraction of sp³-hybridized carbons (Fsp3) is 0.438. The lowest BCUT2D eigenvalue weighted by Crippen LogP contribution is -2.33. The lowest BCUT2D eigenvalue weighted by molar-refractivity contribution is -0.384. The monoisotopic (exact) mass is 354 g/mol. The minimum Gasteiger partial charge on any atom is -0.359 e. The third kappa shape index (κ3) is 3.45. The Morgan fingerprint density at radius 3 is 2.68 bits per heavy atom. The van der Waals surface area contributed by atoms with Gasteiger partial charge in [-0.25, -0.2) is 0 Å². The molecule has 1 aliphatic rings. The van der Waals surface area contributed by atoms with E-state index in [0.717, 1.165) is 30.9 Å². The SMILES string of the molecule is Cn1cc(C2CCCCN2c2ccc(C(F)(F)F)cc2[N+](=O)[O-])cn1. The Balaban J connectivity index is 2.04. The molecule has 0 aliphatic carbocycles. The summed E-state index contributed by atoms with van der Waals surface area (Å²) in [5, 5.41) is 15.5. The summed E-state index contributed by atoms with van der Waals surface area (Å²) in [6, 6.07) is 2.58. The number of benzene rings is 1. The summed E-state index contributed by atoms with van der Waals surface area (Å²) >= 11 is 0. The number of hydrogen-bond acceptors (Lipinski definition) is 4. The van der Waals surface area contributed by atoms with E-state index in [-0.39, 0.29) is 11.7 Å². The van der Waals surface area contributed by atoms with Gasteiger partial charge in [0.25, 0.3) is 5.69 Å². The molecule has 134 valence electrons. The molecule has 1 saturated heterocycles. The van der Waals surface area contributed by atoms with Crippen LogP contribution in [-0.2, 0) is 13.2 Å². The Labute approximate surface area is 142 Å². The molecule has 1 atom stereocenters. The Kier molecular flexibility index (Phi) is 4.40. The van der Waals surface area contributed by atoms with Gasteiger partial charge in [-0.05, 0) is 31.4 Å². The topological polar surface area (TPSA) is 64.2 Å². The van der Waals surface area contributed by atoms with E-state index in [1.165, 1.54) is 6.07 Å². The van der Waals surface area contributed by atoms with Gasteiger partial charge >= 0.3 is 6.18 Å². The summed E-state index contributed by atoms with van der Waals surface area (Å²) < 4.78 is 40.3. The van der Waals surface area contributed by atoms with Crippen molar-refractivity contribution in [2.75, 3.05) is 11.4 Å². The van der Waals surface area contributed by atoms with E-state index in [0.29, 0.717) is 12.6 Å². The predicted octanol–water partition coefficient (Wildman–Crippen LogP) is 4.08. The van der Waals surface area contributed by atoms with Crippen molar-refractivity contribution in [1.29, 1.82) is 0 Å². The van der Waals surface area contributed by atoms with Crippen LogP contribution in [0.15, 0.2) is 30.6 Å². The van der Waals surface area contributed by atoms with Gasteiger partial charge in [0.1, 0.15) is 5.69 Å². The zero-order valence-electron chi connectivity index (χ0n) is 13.5. The number of aromatic nitrogens is 2. The molecule has 2 aromatic rings. The number of rotatable bonds is 3. The molecule has 1 unspecified atom stereocenters.